The molecule has 0 aliphatic rings. The number of hydrogen-bond acceptors (Lipinski definition) is 3. The summed E-state index contributed by atoms with van der Waals surface area (Å²) in [7, 11) is 0. The Morgan fingerprint density at radius 2 is 2.31 bits per heavy atom. The van der Waals surface area contributed by atoms with Gasteiger partial charge in [-0.15, -0.1) is 0 Å². The Kier molecular flexibility index (Phi) is 3.47. The van der Waals surface area contributed by atoms with Gasteiger partial charge in [0, 0.05) is 12.6 Å². The van der Waals surface area contributed by atoms with E-state index in [2.05, 4.69) is 22.1 Å². The highest BCUT2D eigenvalue weighted by Gasteiger charge is 2.21. The Bertz CT molecular complexity index is 238. The molecule has 3 heteroatoms. The van der Waals surface area contributed by atoms with Crippen LogP contribution in [-0.2, 0) is 6.54 Å². The lowest BCUT2D eigenvalue weighted by molar-refractivity contribution is 0.0437. The minimum Gasteiger partial charge on any atom is -0.389 e. The van der Waals surface area contributed by atoms with Gasteiger partial charge in [-0.05, 0) is 43.2 Å². The highest BCUT2D eigenvalue weighted by molar-refractivity contribution is 7.07. The van der Waals surface area contributed by atoms with Gasteiger partial charge in [0.15, 0.2) is 0 Å². The van der Waals surface area contributed by atoms with E-state index in [0.717, 1.165) is 6.54 Å². The molecule has 0 amide bonds. The Labute approximate surface area is 83.6 Å². The topological polar surface area (TPSA) is 32.3 Å². The van der Waals surface area contributed by atoms with Crippen molar-refractivity contribution < 1.29 is 5.11 Å². The fraction of sp³-hybridized carbons (Fsp3) is 0.600. The molecular weight excluding hydrogens is 182 g/mol. The molecule has 74 valence electrons. The van der Waals surface area contributed by atoms with Crippen molar-refractivity contribution in [1.29, 1.82) is 0 Å². The summed E-state index contributed by atoms with van der Waals surface area (Å²) in [5.41, 5.74) is 0.622. The Hall–Kier alpha value is -0.380. The molecule has 0 aliphatic heterocycles. The summed E-state index contributed by atoms with van der Waals surface area (Å²) in [4.78, 5) is 0. The minimum atomic E-state index is -0.657. The van der Waals surface area contributed by atoms with Crippen LogP contribution in [0.2, 0.25) is 0 Å². The first-order valence-electron chi connectivity index (χ1n) is 4.47. The van der Waals surface area contributed by atoms with E-state index in [1.165, 1.54) is 5.56 Å². The number of thiophene rings is 1. The maximum absolute atomic E-state index is 9.65. The molecule has 0 spiro atoms. The smallest absolute Gasteiger partial charge is 0.0741 e. The molecule has 0 bridgehead atoms. The number of hydrogen-bond donors (Lipinski definition) is 2. The van der Waals surface area contributed by atoms with E-state index in [9.17, 15) is 5.11 Å². The van der Waals surface area contributed by atoms with Crippen LogP contribution >= 0.6 is 11.3 Å². The Morgan fingerprint density at radius 3 is 2.77 bits per heavy atom. The molecule has 0 fully saturated rings. The number of nitrogens with one attached hydrogen (secondary N) is 1. The van der Waals surface area contributed by atoms with Crippen LogP contribution in [0.5, 0.6) is 0 Å². The molecule has 1 rings (SSSR count). The zero-order chi connectivity index (χ0) is 9.90. The SMILES string of the molecule is CC(NCc1ccsc1)C(C)(C)O. The van der Waals surface area contributed by atoms with Gasteiger partial charge < -0.3 is 10.4 Å². The molecule has 2 nitrogen and oxygen atoms in total. The summed E-state index contributed by atoms with van der Waals surface area (Å²) in [6.07, 6.45) is 0. The van der Waals surface area contributed by atoms with Crippen LogP contribution in [0.1, 0.15) is 26.3 Å². The van der Waals surface area contributed by atoms with E-state index in [1.807, 2.05) is 20.8 Å². The summed E-state index contributed by atoms with van der Waals surface area (Å²) in [6, 6.07) is 2.20. The van der Waals surface area contributed by atoms with Crippen LogP contribution < -0.4 is 5.32 Å². The average Bonchev–Trinajstić information content (AvgIpc) is 2.50. The normalized spacial score (nSPS) is 14.5. The molecule has 0 aromatic carbocycles. The first-order valence-corrected chi connectivity index (χ1v) is 5.41. The molecule has 0 saturated carbocycles. The molecule has 0 radical (unpaired) electrons. The largest absolute Gasteiger partial charge is 0.389 e. The van der Waals surface area contributed by atoms with Gasteiger partial charge >= 0.3 is 0 Å². The lowest BCUT2D eigenvalue weighted by atomic mass is 10.0. The maximum atomic E-state index is 9.65. The van der Waals surface area contributed by atoms with Gasteiger partial charge in [-0.2, -0.15) is 11.3 Å². The quantitative estimate of drug-likeness (QED) is 0.777. The third-order valence-corrected chi connectivity index (χ3v) is 2.98. The van der Waals surface area contributed by atoms with Gasteiger partial charge in [0.25, 0.3) is 0 Å². The summed E-state index contributed by atoms with van der Waals surface area (Å²) < 4.78 is 0. The van der Waals surface area contributed by atoms with Gasteiger partial charge in [0.05, 0.1) is 5.60 Å². The van der Waals surface area contributed by atoms with Crippen LogP contribution in [0.25, 0.3) is 0 Å². The highest BCUT2D eigenvalue weighted by atomic mass is 32.1. The van der Waals surface area contributed by atoms with Gasteiger partial charge in [-0.3, -0.25) is 0 Å². The second-order valence-electron chi connectivity index (χ2n) is 3.89. The van der Waals surface area contributed by atoms with Crippen LogP contribution in [-0.4, -0.2) is 16.7 Å². The predicted molar refractivity (Wildman–Crippen MR) is 56.9 cm³/mol. The second kappa shape index (κ2) is 4.22. The average molecular weight is 199 g/mol. The lowest BCUT2D eigenvalue weighted by Gasteiger charge is -2.26. The molecule has 1 aromatic rings. The molecule has 2 N–H and O–H groups in total. The van der Waals surface area contributed by atoms with E-state index in [-0.39, 0.29) is 6.04 Å². The predicted octanol–water partition coefficient (Wildman–Crippen LogP) is 2.00. The van der Waals surface area contributed by atoms with E-state index in [1.54, 1.807) is 11.3 Å². The molecule has 0 saturated heterocycles. The van der Waals surface area contributed by atoms with E-state index in [0.29, 0.717) is 0 Å². The van der Waals surface area contributed by atoms with Gasteiger partial charge in [0.1, 0.15) is 0 Å². The third kappa shape index (κ3) is 3.46. The highest BCUT2D eigenvalue weighted by Crippen LogP contribution is 2.10. The standard InChI is InChI=1S/C10H17NOS/c1-8(10(2,3)12)11-6-9-4-5-13-7-9/h4-5,7-8,11-12H,6H2,1-3H3. The van der Waals surface area contributed by atoms with Crippen molar-refractivity contribution in [3.8, 4) is 0 Å². The van der Waals surface area contributed by atoms with Crippen molar-refractivity contribution in [3.05, 3.63) is 22.4 Å². The molecule has 1 atom stereocenters. The van der Waals surface area contributed by atoms with Gasteiger partial charge in [-0.25, -0.2) is 0 Å². The van der Waals surface area contributed by atoms with Crippen LogP contribution in [0.3, 0.4) is 0 Å². The van der Waals surface area contributed by atoms with Crippen LogP contribution in [0, 0.1) is 0 Å². The summed E-state index contributed by atoms with van der Waals surface area (Å²) >= 11 is 1.70. The zero-order valence-corrected chi connectivity index (χ0v) is 9.19. The van der Waals surface area contributed by atoms with Crippen molar-refractivity contribution >= 4 is 11.3 Å². The molecular formula is C10H17NOS. The van der Waals surface area contributed by atoms with Crippen LogP contribution in [0.15, 0.2) is 16.8 Å². The fourth-order valence-electron chi connectivity index (χ4n) is 0.914. The van der Waals surface area contributed by atoms with Gasteiger partial charge in [-0.1, -0.05) is 0 Å². The summed E-state index contributed by atoms with van der Waals surface area (Å²) in [5, 5.41) is 17.1. The molecule has 0 aliphatic carbocycles. The number of rotatable bonds is 4. The second-order valence-corrected chi connectivity index (χ2v) is 4.67. The van der Waals surface area contributed by atoms with Crippen molar-refractivity contribution in [2.24, 2.45) is 0 Å². The van der Waals surface area contributed by atoms with Crippen molar-refractivity contribution in [3.63, 3.8) is 0 Å². The van der Waals surface area contributed by atoms with E-state index >= 15 is 0 Å². The van der Waals surface area contributed by atoms with Crippen molar-refractivity contribution in [1.82, 2.24) is 5.32 Å². The number of aliphatic hydroxyl groups is 1. The molecule has 1 unspecified atom stereocenters. The fourth-order valence-corrected chi connectivity index (χ4v) is 1.58. The van der Waals surface area contributed by atoms with Crippen LogP contribution in [0.4, 0.5) is 0 Å². The molecule has 1 aromatic heterocycles. The van der Waals surface area contributed by atoms with Crippen molar-refractivity contribution in [2.45, 2.75) is 39.0 Å². The van der Waals surface area contributed by atoms with Gasteiger partial charge in [0.2, 0.25) is 0 Å². The summed E-state index contributed by atoms with van der Waals surface area (Å²) in [5.74, 6) is 0. The van der Waals surface area contributed by atoms with E-state index < -0.39 is 5.60 Å². The molecule has 1 heterocycles. The zero-order valence-electron chi connectivity index (χ0n) is 8.37. The Morgan fingerprint density at radius 1 is 1.62 bits per heavy atom. The lowest BCUT2D eigenvalue weighted by Crippen LogP contribution is -2.44. The third-order valence-electron chi connectivity index (χ3n) is 2.25. The molecule has 13 heavy (non-hydrogen) atoms. The first kappa shape index (κ1) is 10.7. The first-order chi connectivity index (χ1) is 6.00. The summed E-state index contributed by atoms with van der Waals surface area (Å²) in [6.45, 7) is 6.46. The van der Waals surface area contributed by atoms with Crippen molar-refractivity contribution in [2.75, 3.05) is 0 Å². The Balaban J connectivity index is 2.35. The minimum absolute atomic E-state index is 0.104. The van der Waals surface area contributed by atoms with E-state index in [4.69, 9.17) is 0 Å². The maximum Gasteiger partial charge on any atom is 0.0741 e. The monoisotopic (exact) mass is 199 g/mol.